The third-order valence-electron chi connectivity index (χ3n) is 3.66. The lowest BCUT2D eigenvalue weighted by Gasteiger charge is -2.24. The number of carboxylic acid groups (broad SMARTS) is 1. The Morgan fingerprint density at radius 1 is 1.32 bits per heavy atom. The van der Waals surface area contributed by atoms with E-state index in [1.807, 2.05) is 6.92 Å². The van der Waals surface area contributed by atoms with Gasteiger partial charge in [0, 0.05) is 20.2 Å². The number of aliphatic carboxylic acids is 1. The Labute approximate surface area is 113 Å². The predicted molar refractivity (Wildman–Crippen MR) is 71.0 cm³/mol. The van der Waals surface area contributed by atoms with Crippen LogP contribution in [0, 0.1) is 11.3 Å². The van der Waals surface area contributed by atoms with E-state index in [-0.39, 0.29) is 18.5 Å². The third-order valence-corrected chi connectivity index (χ3v) is 3.66. The molecule has 0 aromatic rings. The fourth-order valence-corrected chi connectivity index (χ4v) is 2.44. The van der Waals surface area contributed by atoms with Gasteiger partial charge in [-0.3, -0.25) is 4.79 Å². The summed E-state index contributed by atoms with van der Waals surface area (Å²) >= 11 is 0. The smallest absolute Gasteiger partial charge is 0.314 e. The molecule has 0 bridgehead atoms. The Morgan fingerprint density at radius 2 is 1.95 bits per heavy atom. The summed E-state index contributed by atoms with van der Waals surface area (Å²) in [5.74, 6) is -0.575. The van der Waals surface area contributed by atoms with Gasteiger partial charge in [-0.25, -0.2) is 4.79 Å². The fourth-order valence-electron chi connectivity index (χ4n) is 2.44. The maximum absolute atomic E-state index is 11.6. The molecule has 0 saturated heterocycles. The molecule has 0 aromatic heterocycles. The number of carbonyl (C=O) groups is 2. The number of hydrogen-bond acceptors (Lipinski definition) is 3. The summed E-state index contributed by atoms with van der Waals surface area (Å²) in [6.07, 6.45) is 3.12. The largest absolute Gasteiger partial charge is 0.481 e. The SMILES string of the molecule is COCC(C)CNC(=O)NCC1(C(=O)O)CCCC1. The molecular formula is C13H24N2O4. The van der Waals surface area contributed by atoms with E-state index in [1.54, 1.807) is 7.11 Å². The molecule has 1 aliphatic rings. The van der Waals surface area contributed by atoms with Gasteiger partial charge in [-0.1, -0.05) is 19.8 Å². The molecule has 1 rings (SSSR count). The summed E-state index contributed by atoms with van der Waals surface area (Å²) in [6.45, 7) is 3.27. The Balaban J connectivity index is 2.31. The first-order valence-corrected chi connectivity index (χ1v) is 6.74. The summed E-state index contributed by atoms with van der Waals surface area (Å²) in [5.41, 5.74) is -0.768. The highest BCUT2D eigenvalue weighted by Gasteiger charge is 2.41. The van der Waals surface area contributed by atoms with Crippen molar-refractivity contribution in [3.05, 3.63) is 0 Å². The number of ether oxygens (including phenoxy) is 1. The summed E-state index contributed by atoms with van der Waals surface area (Å²) in [4.78, 5) is 22.9. The van der Waals surface area contributed by atoms with Crippen LogP contribution in [0.2, 0.25) is 0 Å². The van der Waals surface area contributed by atoms with Gasteiger partial charge in [0.05, 0.1) is 12.0 Å². The van der Waals surface area contributed by atoms with Gasteiger partial charge in [-0.2, -0.15) is 0 Å². The van der Waals surface area contributed by atoms with Crippen LogP contribution in [0.15, 0.2) is 0 Å². The average Bonchev–Trinajstić information content (AvgIpc) is 2.84. The Hall–Kier alpha value is -1.30. The monoisotopic (exact) mass is 272 g/mol. The highest BCUT2D eigenvalue weighted by Crippen LogP contribution is 2.37. The third kappa shape index (κ3) is 4.70. The number of urea groups is 1. The van der Waals surface area contributed by atoms with Crippen LogP contribution >= 0.6 is 0 Å². The number of rotatable bonds is 7. The first-order valence-electron chi connectivity index (χ1n) is 6.74. The highest BCUT2D eigenvalue weighted by molar-refractivity contribution is 5.78. The molecular weight excluding hydrogens is 248 g/mol. The molecule has 19 heavy (non-hydrogen) atoms. The van der Waals surface area contributed by atoms with Crippen molar-refractivity contribution in [3.8, 4) is 0 Å². The normalized spacial score (nSPS) is 18.8. The maximum atomic E-state index is 11.6. The summed E-state index contributed by atoms with van der Waals surface area (Å²) in [7, 11) is 1.62. The van der Waals surface area contributed by atoms with Crippen LogP contribution in [0.25, 0.3) is 0 Å². The molecule has 2 amide bonds. The minimum absolute atomic E-state index is 0.201. The van der Waals surface area contributed by atoms with Crippen molar-refractivity contribution in [3.63, 3.8) is 0 Å². The molecule has 1 unspecified atom stereocenters. The first-order chi connectivity index (χ1) is 9.00. The molecule has 0 heterocycles. The standard InChI is InChI=1S/C13H24N2O4/c1-10(8-19-2)7-14-12(18)15-9-13(11(16)17)5-3-4-6-13/h10H,3-9H2,1-2H3,(H,16,17)(H2,14,15,18). The van der Waals surface area contributed by atoms with Gasteiger partial charge in [0.15, 0.2) is 0 Å². The van der Waals surface area contributed by atoms with E-state index in [0.29, 0.717) is 26.0 Å². The van der Waals surface area contributed by atoms with Crippen LogP contribution in [-0.4, -0.2) is 43.9 Å². The highest BCUT2D eigenvalue weighted by atomic mass is 16.5. The van der Waals surface area contributed by atoms with Crippen molar-refractivity contribution in [1.82, 2.24) is 10.6 Å². The second-order valence-electron chi connectivity index (χ2n) is 5.42. The number of methoxy groups -OCH3 is 1. The first kappa shape index (κ1) is 15.8. The van der Waals surface area contributed by atoms with Crippen molar-refractivity contribution in [1.29, 1.82) is 0 Å². The van der Waals surface area contributed by atoms with E-state index in [1.165, 1.54) is 0 Å². The minimum Gasteiger partial charge on any atom is -0.481 e. The van der Waals surface area contributed by atoms with Crippen molar-refractivity contribution in [2.45, 2.75) is 32.6 Å². The number of amides is 2. The Bertz CT molecular complexity index is 314. The van der Waals surface area contributed by atoms with E-state index >= 15 is 0 Å². The molecule has 1 saturated carbocycles. The van der Waals surface area contributed by atoms with Crippen LogP contribution in [0.4, 0.5) is 4.79 Å². The second-order valence-corrected chi connectivity index (χ2v) is 5.42. The Kier molecular flexibility index (Phi) is 6.08. The molecule has 1 aliphatic carbocycles. The van der Waals surface area contributed by atoms with Gasteiger partial charge in [0.25, 0.3) is 0 Å². The van der Waals surface area contributed by atoms with Gasteiger partial charge < -0.3 is 20.5 Å². The number of nitrogens with one attached hydrogen (secondary N) is 2. The summed E-state index contributed by atoms with van der Waals surface area (Å²) in [5, 5.41) is 14.7. The van der Waals surface area contributed by atoms with Gasteiger partial charge in [-0.15, -0.1) is 0 Å². The number of carbonyl (C=O) groups excluding carboxylic acids is 1. The van der Waals surface area contributed by atoms with Crippen LogP contribution < -0.4 is 10.6 Å². The molecule has 0 aliphatic heterocycles. The van der Waals surface area contributed by atoms with Crippen LogP contribution in [0.1, 0.15) is 32.6 Å². The van der Waals surface area contributed by atoms with Gasteiger partial charge in [-0.05, 0) is 18.8 Å². The molecule has 1 atom stereocenters. The van der Waals surface area contributed by atoms with E-state index in [9.17, 15) is 14.7 Å². The van der Waals surface area contributed by atoms with Crippen LogP contribution in [-0.2, 0) is 9.53 Å². The van der Waals surface area contributed by atoms with Crippen LogP contribution in [0.5, 0.6) is 0 Å². The van der Waals surface area contributed by atoms with E-state index in [4.69, 9.17) is 4.74 Å². The van der Waals surface area contributed by atoms with Gasteiger partial charge in [0.2, 0.25) is 0 Å². The quantitative estimate of drug-likeness (QED) is 0.650. The molecule has 0 radical (unpaired) electrons. The summed E-state index contributed by atoms with van der Waals surface area (Å²) < 4.78 is 4.98. The molecule has 6 nitrogen and oxygen atoms in total. The second kappa shape index (κ2) is 7.33. The lowest BCUT2D eigenvalue weighted by Crippen LogP contribution is -2.46. The fraction of sp³-hybridized carbons (Fsp3) is 0.846. The van der Waals surface area contributed by atoms with Gasteiger partial charge in [0.1, 0.15) is 0 Å². The zero-order chi connectivity index (χ0) is 14.3. The maximum Gasteiger partial charge on any atom is 0.314 e. The van der Waals surface area contributed by atoms with Crippen molar-refractivity contribution >= 4 is 12.0 Å². The lowest BCUT2D eigenvalue weighted by molar-refractivity contribution is -0.148. The molecule has 6 heteroatoms. The predicted octanol–water partition coefficient (Wildman–Crippen LogP) is 1.21. The van der Waals surface area contributed by atoms with Gasteiger partial charge >= 0.3 is 12.0 Å². The van der Waals surface area contributed by atoms with Crippen molar-refractivity contribution in [2.75, 3.05) is 26.8 Å². The van der Waals surface area contributed by atoms with E-state index < -0.39 is 11.4 Å². The van der Waals surface area contributed by atoms with Crippen molar-refractivity contribution in [2.24, 2.45) is 11.3 Å². The molecule has 3 N–H and O–H groups in total. The molecule has 1 fully saturated rings. The van der Waals surface area contributed by atoms with E-state index in [0.717, 1.165) is 12.8 Å². The lowest BCUT2D eigenvalue weighted by atomic mass is 9.86. The van der Waals surface area contributed by atoms with Crippen molar-refractivity contribution < 1.29 is 19.4 Å². The average molecular weight is 272 g/mol. The zero-order valence-electron chi connectivity index (χ0n) is 11.7. The molecule has 0 aromatic carbocycles. The topological polar surface area (TPSA) is 87.7 Å². The number of hydrogen-bond donors (Lipinski definition) is 3. The molecule has 0 spiro atoms. The molecule has 110 valence electrons. The Morgan fingerprint density at radius 3 is 2.47 bits per heavy atom. The van der Waals surface area contributed by atoms with Crippen LogP contribution in [0.3, 0.4) is 0 Å². The van der Waals surface area contributed by atoms with E-state index in [2.05, 4.69) is 10.6 Å². The summed E-state index contributed by atoms with van der Waals surface area (Å²) in [6, 6.07) is -0.310. The zero-order valence-corrected chi connectivity index (χ0v) is 11.7. The number of carboxylic acids is 1. The minimum atomic E-state index is -0.807.